The molecule has 0 radical (unpaired) electrons. The molecule has 1 N–H and O–H groups in total. The molecule has 2 amide bonds. The van der Waals surface area contributed by atoms with Gasteiger partial charge < -0.3 is 19.5 Å². The van der Waals surface area contributed by atoms with Gasteiger partial charge in [0.15, 0.2) is 0 Å². The maximum atomic E-state index is 13.0. The van der Waals surface area contributed by atoms with Crippen LogP contribution in [0.3, 0.4) is 0 Å². The normalized spacial score (nSPS) is 16.6. The third-order valence-corrected chi connectivity index (χ3v) is 5.55. The van der Waals surface area contributed by atoms with Crippen LogP contribution in [0.1, 0.15) is 50.2 Å². The predicted octanol–water partition coefficient (Wildman–Crippen LogP) is 4.67. The van der Waals surface area contributed by atoms with Gasteiger partial charge >= 0.3 is 6.03 Å². The molecule has 1 aliphatic heterocycles. The van der Waals surface area contributed by atoms with E-state index in [4.69, 9.17) is 9.72 Å². The van der Waals surface area contributed by atoms with Crippen LogP contribution in [0.2, 0.25) is 0 Å². The monoisotopic (exact) mass is 392 g/mol. The second-order valence-corrected chi connectivity index (χ2v) is 7.78. The number of methoxy groups -OCH3 is 1. The molecular formula is C23H28N4O2. The van der Waals surface area contributed by atoms with Gasteiger partial charge in [0.25, 0.3) is 0 Å². The highest BCUT2D eigenvalue weighted by molar-refractivity contribution is 5.77. The number of fused-ring (bicyclic) bond motifs is 1. The summed E-state index contributed by atoms with van der Waals surface area (Å²) in [6, 6.07) is 16.2. The molecule has 0 aliphatic carbocycles. The van der Waals surface area contributed by atoms with Crippen molar-refractivity contribution in [3.63, 3.8) is 0 Å². The summed E-state index contributed by atoms with van der Waals surface area (Å²) in [6.07, 6.45) is 1.92. The molecule has 0 saturated carbocycles. The molecule has 1 atom stereocenters. The zero-order valence-electron chi connectivity index (χ0n) is 17.3. The van der Waals surface area contributed by atoms with E-state index in [0.29, 0.717) is 6.54 Å². The van der Waals surface area contributed by atoms with Gasteiger partial charge in [-0.25, -0.2) is 9.78 Å². The summed E-state index contributed by atoms with van der Waals surface area (Å²) in [5, 5.41) is 3.07. The van der Waals surface area contributed by atoms with Crippen LogP contribution in [0.25, 0.3) is 11.0 Å². The van der Waals surface area contributed by atoms with Crippen molar-refractivity contribution < 1.29 is 9.53 Å². The van der Waals surface area contributed by atoms with Crippen molar-refractivity contribution in [1.29, 1.82) is 0 Å². The predicted molar refractivity (Wildman–Crippen MR) is 114 cm³/mol. The minimum atomic E-state index is -0.0364. The first-order chi connectivity index (χ1) is 14.1. The van der Waals surface area contributed by atoms with E-state index in [1.807, 2.05) is 47.4 Å². The maximum Gasteiger partial charge on any atom is 0.318 e. The fraction of sp³-hybridized carbons (Fsp3) is 0.391. The second kappa shape index (κ2) is 8.15. The van der Waals surface area contributed by atoms with Crippen LogP contribution in [-0.2, 0) is 6.54 Å². The summed E-state index contributed by atoms with van der Waals surface area (Å²) in [5.41, 5.74) is 3.16. The molecule has 0 bridgehead atoms. The molecule has 1 aliphatic rings. The minimum Gasteiger partial charge on any atom is -0.497 e. The summed E-state index contributed by atoms with van der Waals surface area (Å²) >= 11 is 0. The summed E-state index contributed by atoms with van der Waals surface area (Å²) < 4.78 is 7.46. The summed E-state index contributed by atoms with van der Waals surface area (Å²) in [4.78, 5) is 19.8. The number of hydrogen-bond donors (Lipinski definition) is 1. The summed E-state index contributed by atoms with van der Waals surface area (Å²) in [5.74, 6) is 1.80. The molecule has 3 aromatic rings. The number of benzene rings is 2. The van der Waals surface area contributed by atoms with Gasteiger partial charge in [0.2, 0.25) is 0 Å². The van der Waals surface area contributed by atoms with Crippen LogP contribution in [0.5, 0.6) is 5.75 Å². The Kier molecular flexibility index (Phi) is 5.43. The lowest BCUT2D eigenvalue weighted by molar-refractivity contribution is 0.189. The third kappa shape index (κ3) is 3.79. The van der Waals surface area contributed by atoms with Crippen LogP contribution in [0, 0.1) is 0 Å². The van der Waals surface area contributed by atoms with Gasteiger partial charge in [0, 0.05) is 19.1 Å². The van der Waals surface area contributed by atoms with Gasteiger partial charge in [-0.3, -0.25) is 0 Å². The molecule has 1 saturated heterocycles. The van der Waals surface area contributed by atoms with Gasteiger partial charge in [-0.1, -0.05) is 24.3 Å². The van der Waals surface area contributed by atoms with Crippen molar-refractivity contribution in [1.82, 2.24) is 19.8 Å². The Morgan fingerprint density at radius 2 is 1.97 bits per heavy atom. The lowest BCUT2D eigenvalue weighted by atomic mass is 10.2. The van der Waals surface area contributed by atoms with E-state index in [1.54, 1.807) is 7.11 Å². The average Bonchev–Trinajstić information content (AvgIpc) is 3.36. The van der Waals surface area contributed by atoms with Crippen LogP contribution >= 0.6 is 0 Å². The van der Waals surface area contributed by atoms with E-state index in [-0.39, 0.29) is 18.1 Å². The van der Waals surface area contributed by atoms with E-state index in [0.717, 1.165) is 47.6 Å². The number of nitrogens with one attached hydrogen (secondary N) is 1. The molecule has 6 nitrogen and oxygen atoms in total. The molecule has 1 unspecified atom stereocenters. The van der Waals surface area contributed by atoms with E-state index in [9.17, 15) is 4.79 Å². The van der Waals surface area contributed by atoms with E-state index in [2.05, 4.69) is 29.8 Å². The van der Waals surface area contributed by atoms with E-state index < -0.39 is 0 Å². The highest BCUT2D eigenvalue weighted by Gasteiger charge is 2.34. The van der Waals surface area contributed by atoms with E-state index in [1.165, 1.54) is 0 Å². The highest BCUT2D eigenvalue weighted by atomic mass is 16.5. The lowest BCUT2D eigenvalue weighted by Gasteiger charge is -2.26. The lowest BCUT2D eigenvalue weighted by Crippen LogP contribution is -2.40. The Balaban J connectivity index is 1.53. The molecule has 1 aromatic heterocycles. The molecule has 152 valence electrons. The Morgan fingerprint density at radius 3 is 2.69 bits per heavy atom. The van der Waals surface area contributed by atoms with Crippen LogP contribution in [-0.4, -0.2) is 34.1 Å². The fourth-order valence-electron chi connectivity index (χ4n) is 4.14. The van der Waals surface area contributed by atoms with Crippen molar-refractivity contribution in [2.45, 2.75) is 45.3 Å². The number of ether oxygens (including phenoxy) is 1. The number of amides is 2. The number of carbonyl (C=O) groups is 1. The number of likely N-dealkylation sites (tertiary alicyclic amines) is 1. The summed E-state index contributed by atoms with van der Waals surface area (Å²) in [6.45, 7) is 5.58. The number of para-hydroxylation sites is 2. The first kappa shape index (κ1) is 19.3. The largest absolute Gasteiger partial charge is 0.497 e. The second-order valence-electron chi connectivity index (χ2n) is 7.78. The molecule has 29 heavy (non-hydrogen) atoms. The van der Waals surface area contributed by atoms with Crippen molar-refractivity contribution in [3.8, 4) is 5.75 Å². The maximum absolute atomic E-state index is 13.0. The Morgan fingerprint density at radius 1 is 1.21 bits per heavy atom. The average molecular weight is 393 g/mol. The molecule has 2 aromatic carbocycles. The number of aromatic nitrogens is 2. The highest BCUT2D eigenvalue weighted by Crippen LogP contribution is 2.35. The number of carbonyl (C=O) groups excluding carboxylic acids is 1. The number of nitrogens with zero attached hydrogens (tertiary/aromatic N) is 3. The third-order valence-electron chi connectivity index (χ3n) is 5.55. The number of hydrogen-bond acceptors (Lipinski definition) is 3. The summed E-state index contributed by atoms with van der Waals surface area (Å²) in [7, 11) is 1.65. The standard InChI is InChI=1S/C23H28N4O2/c1-16(2)27-20-8-5-4-7-19(20)25-22(27)21-9-6-14-26(21)23(28)24-15-17-10-12-18(29-3)13-11-17/h4-5,7-8,10-13,16,21H,6,9,14-15H2,1-3H3,(H,24,28). The number of imidazole rings is 1. The van der Waals surface area contributed by atoms with Gasteiger partial charge in [0.1, 0.15) is 11.6 Å². The van der Waals surface area contributed by atoms with Crippen molar-refractivity contribution in [2.75, 3.05) is 13.7 Å². The van der Waals surface area contributed by atoms with Gasteiger partial charge in [0.05, 0.1) is 24.2 Å². The molecule has 6 heteroatoms. The molecule has 4 rings (SSSR count). The van der Waals surface area contributed by atoms with Gasteiger partial charge in [-0.05, 0) is 56.5 Å². The molecular weight excluding hydrogens is 364 g/mol. The first-order valence-electron chi connectivity index (χ1n) is 10.2. The zero-order valence-corrected chi connectivity index (χ0v) is 17.3. The fourth-order valence-corrected chi connectivity index (χ4v) is 4.14. The molecule has 2 heterocycles. The Labute approximate surface area is 171 Å². The molecule has 0 spiro atoms. The number of urea groups is 1. The molecule has 1 fully saturated rings. The SMILES string of the molecule is COc1ccc(CNC(=O)N2CCCC2c2nc3ccccc3n2C(C)C)cc1. The van der Waals surface area contributed by atoms with Gasteiger partial charge in [-0.2, -0.15) is 0 Å². The minimum absolute atomic E-state index is 0.000618. The zero-order chi connectivity index (χ0) is 20.4. The van der Waals surface area contributed by atoms with Crippen molar-refractivity contribution >= 4 is 17.1 Å². The van der Waals surface area contributed by atoms with Crippen molar-refractivity contribution in [3.05, 3.63) is 59.9 Å². The van der Waals surface area contributed by atoms with Gasteiger partial charge in [-0.15, -0.1) is 0 Å². The Bertz CT molecular complexity index is 994. The topological polar surface area (TPSA) is 59.4 Å². The van der Waals surface area contributed by atoms with E-state index >= 15 is 0 Å². The smallest absolute Gasteiger partial charge is 0.318 e. The van der Waals surface area contributed by atoms with Crippen LogP contribution in [0.4, 0.5) is 4.79 Å². The quantitative estimate of drug-likeness (QED) is 0.686. The number of rotatable bonds is 5. The van der Waals surface area contributed by atoms with Crippen LogP contribution < -0.4 is 10.1 Å². The Hall–Kier alpha value is -3.02. The van der Waals surface area contributed by atoms with Crippen LogP contribution in [0.15, 0.2) is 48.5 Å². The van der Waals surface area contributed by atoms with Crippen molar-refractivity contribution in [2.24, 2.45) is 0 Å². The first-order valence-corrected chi connectivity index (χ1v) is 10.2.